The first-order valence-corrected chi connectivity index (χ1v) is 9.30. The van der Waals surface area contributed by atoms with E-state index in [-0.39, 0.29) is 41.4 Å². The third kappa shape index (κ3) is 3.80. The van der Waals surface area contributed by atoms with E-state index in [2.05, 4.69) is 51.3 Å². The molecule has 1 aromatic rings. The van der Waals surface area contributed by atoms with Crippen molar-refractivity contribution in [1.29, 1.82) is 0 Å². The molecule has 0 aromatic heterocycles. The number of ether oxygens (including phenoxy) is 1. The van der Waals surface area contributed by atoms with Gasteiger partial charge in [-0.15, -0.1) is 0 Å². The molecule has 2 amide bonds. The molecule has 3 rings (SSSR count). The van der Waals surface area contributed by atoms with Crippen molar-refractivity contribution in [2.45, 2.75) is 43.7 Å². The fourth-order valence-electron chi connectivity index (χ4n) is 3.05. The minimum atomic E-state index is -0.351. The number of nitrogens with one attached hydrogen (secondary N) is 4. The molecule has 4 unspecified atom stereocenters. The molecule has 1 fully saturated rings. The van der Waals surface area contributed by atoms with Crippen LogP contribution in [0.1, 0.15) is 32.4 Å². The topological polar surface area (TPSA) is 91.5 Å². The van der Waals surface area contributed by atoms with Crippen LogP contribution in [0.3, 0.4) is 0 Å². The smallest absolute Gasteiger partial charge is 0.262 e. The molecule has 8 heteroatoms. The van der Waals surface area contributed by atoms with Crippen LogP contribution in [0, 0.1) is 5.92 Å². The molecule has 7 nitrogen and oxygen atoms in total. The van der Waals surface area contributed by atoms with Crippen molar-refractivity contribution in [2.75, 3.05) is 11.9 Å². The zero-order valence-electron chi connectivity index (χ0n) is 14.4. The summed E-state index contributed by atoms with van der Waals surface area (Å²) in [5.41, 5.74) is 7.77. The highest BCUT2D eigenvalue weighted by molar-refractivity contribution is 9.09. The van der Waals surface area contributed by atoms with Gasteiger partial charge in [-0.1, -0.05) is 35.8 Å². The summed E-state index contributed by atoms with van der Waals surface area (Å²) in [6.45, 7) is 6.17. The molecule has 0 bridgehead atoms. The lowest BCUT2D eigenvalue weighted by atomic mass is 9.99. The number of alkyl halides is 1. The van der Waals surface area contributed by atoms with Gasteiger partial charge in [0.1, 0.15) is 11.8 Å². The SMILES string of the molecule is CC(NC(=O)C1NNC(C(C)C)C1Br)c1ccc2c(c1)NC(=O)CO2. The molecule has 0 radical (unpaired) electrons. The first kappa shape index (κ1) is 18.2. The molecule has 1 aromatic carbocycles. The molecule has 25 heavy (non-hydrogen) atoms. The number of rotatable bonds is 4. The summed E-state index contributed by atoms with van der Waals surface area (Å²) in [6.07, 6.45) is 0. The maximum absolute atomic E-state index is 12.6. The standard InChI is InChI=1S/C17H23BrN4O3/c1-8(2)15-14(18)16(22-21-15)17(24)19-9(3)10-4-5-12-11(6-10)20-13(23)7-25-12/h4-6,8-9,14-16,21-22H,7H2,1-3H3,(H,19,24)(H,20,23). The van der Waals surface area contributed by atoms with Crippen LogP contribution in [0.15, 0.2) is 18.2 Å². The van der Waals surface area contributed by atoms with E-state index in [1.165, 1.54) is 0 Å². The van der Waals surface area contributed by atoms with Gasteiger partial charge in [0.2, 0.25) is 5.91 Å². The Kier molecular flexibility index (Phi) is 5.31. The number of fused-ring (bicyclic) bond motifs is 1. The Hall–Kier alpha value is -1.64. The Morgan fingerprint density at radius 1 is 1.32 bits per heavy atom. The van der Waals surface area contributed by atoms with E-state index in [4.69, 9.17) is 4.74 Å². The summed E-state index contributed by atoms with van der Waals surface area (Å²) in [5, 5.41) is 5.80. The number of amides is 2. The van der Waals surface area contributed by atoms with Crippen LogP contribution in [-0.2, 0) is 9.59 Å². The molecule has 2 heterocycles. The van der Waals surface area contributed by atoms with Gasteiger partial charge in [0, 0.05) is 6.04 Å². The second-order valence-electron chi connectivity index (χ2n) is 6.80. The van der Waals surface area contributed by atoms with Crippen LogP contribution in [0.5, 0.6) is 5.75 Å². The maximum atomic E-state index is 12.6. The van der Waals surface area contributed by atoms with Crippen LogP contribution in [0.2, 0.25) is 0 Å². The minimum Gasteiger partial charge on any atom is -0.482 e. The van der Waals surface area contributed by atoms with Gasteiger partial charge in [0.25, 0.3) is 5.91 Å². The first-order chi connectivity index (χ1) is 11.9. The highest BCUT2D eigenvalue weighted by Crippen LogP contribution is 2.30. The number of carbonyl (C=O) groups is 2. The fourth-order valence-corrected chi connectivity index (χ4v) is 4.17. The summed E-state index contributed by atoms with van der Waals surface area (Å²) >= 11 is 3.62. The Bertz CT molecular complexity index is 682. The molecule has 0 aliphatic carbocycles. The van der Waals surface area contributed by atoms with E-state index in [1.807, 2.05) is 25.1 Å². The van der Waals surface area contributed by atoms with Crippen molar-refractivity contribution in [2.24, 2.45) is 5.92 Å². The normalized spacial score (nSPS) is 26.6. The van der Waals surface area contributed by atoms with Crippen molar-refractivity contribution < 1.29 is 14.3 Å². The molecule has 2 aliphatic heterocycles. The summed E-state index contributed by atoms with van der Waals surface area (Å²) in [5.74, 6) is 0.785. The first-order valence-electron chi connectivity index (χ1n) is 8.39. The number of carbonyl (C=O) groups excluding carboxylic acids is 2. The van der Waals surface area contributed by atoms with Crippen molar-refractivity contribution in [3.8, 4) is 5.75 Å². The van der Waals surface area contributed by atoms with E-state index >= 15 is 0 Å². The predicted octanol–water partition coefficient (Wildman–Crippen LogP) is 1.46. The molecular weight excluding hydrogens is 388 g/mol. The average molecular weight is 411 g/mol. The van der Waals surface area contributed by atoms with Crippen LogP contribution < -0.4 is 26.2 Å². The Morgan fingerprint density at radius 2 is 2.08 bits per heavy atom. The van der Waals surface area contributed by atoms with E-state index in [0.717, 1.165) is 5.56 Å². The lowest BCUT2D eigenvalue weighted by Gasteiger charge is -2.23. The molecule has 1 saturated heterocycles. The number of benzene rings is 1. The van der Waals surface area contributed by atoms with Crippen LogP contribution in [-0.4, -0.2) is 35.3 Å². The summed E-state index contributed by atoms with van der Waals surface area (Å²) < 4.78 is 5.36. The minimum absolute atomic E-state index is 0.0101. The van der Waals surface area contributed by atoms with Gasteiger partial charge in [-0.2, -0.15) is 0 Å². The van der Waals surface area contributed by atoms with Gasteiger partial charge >= 0.3 is 0 Å². The van der Waals surface area contributed by atoms with Crippen molar-refractivity contribution >= 4 is 33.4 Å². The molecule has 4 atom stereocenters. The molecule has 136 valence electrons. The van der Waals surface area contributed by atoms with Crippen molar-refractivity contribution in [3.05, 3.63) is 23.8 Å². The van der Waals surface area contributed by atoms with Gasteiger partial charge < -0.3 is 15.4 Å². The van der Waals surface area contributed by atoms with E-state index in [0.29, 0.717) is 17.4 Å². The molecule has 4 N–H and O–H groups in total. The van der Waals surface area contributed by atoms with Crippen LogP contribution >= 0.6 is 15.9 Å². The lowest BCUT2D eigenvalue weighted by Crippen LogP contribution is -2.46. The molecule has 0 spiro atoms. The van der Waals surface area contributed by atoms with Gasteiger partial charge in [-0.05, 0) is 30.5 Å². The highest BCUT2D eigenvalue weighted by atomic mass is 79.9. The summed E-state index contributed by atoms with van der Waals surface area (Å²) in [6, 6.07) is 5.17. The second kappa shape index (κ2) is 7.31. The zero-order valence-corrected chi connectivity index (χ0v) is 16.0. The Labute approximate surface area is 155 Å². The lowest BCUT2D eigenvalue weighted by molar-refractivity contribution is -0.123. The number of hydrogen-bond acceptors (Lipinski definition) is 5. The summed E-state index contributed by atoms with van der Waals surface area (Å²) in [7, 11) is 0. The van der Waals surface area contributed by atoms with Crippen LogP contribution in [0.4, 0.5) is 5.69 Å². The third-order valence-corrected chi connectivity index (χ3v) is 5.66. The Morgan fingerprint density at radius 3 is 2.76 bits per heavy atom. The monoisotopic (exact) mass is 410 g/mol. The highest BCUT2D eigenvalue weighted by Gasteiger charge is 2.40. The Balaban J connectivity index is 1.66. The van der Waals surface area contributed by atoms with Gasteiger partial charge in [-0.25, -0.2) is 5.43 Å². The largest absolute Gasteiger partial charge is 0.482 e. The fraction of sp³-hybridized carbons (Fsp3) is 0.529. The van der Waals surface area contributed by atoms with E-state index in [1.54, 1.807) is 0 Å². The van der Waals surface area contributed by atoms with Crippen molar-refractivity contribution in [1.82, 2.24) is 16.2 Å². The quantitative estimate of drug-likeness (QED) is 0.564. The van der Waals surface area contributed by atoms with Gasteiger partial charge in [0.05, 0.1) is 16.6 Å². The summed E-state index contributed by atoms with van der Waals surface area (Å²) in [4.78, 5) is 24.1. The molecule has 0 saturated carbocycles. The number of hydrogen-bond donors (Lipinski definition) is 4. The third-order valence-electron chi connectivity index (χ3n) is 4.56. The number of halogens is 1. The van der Waals surface area contributed by atoms with Gasteiger partial charge in [0.15, 0.2) is 6.61 Å². The zero-order chi connectivity index (χ0) is 18.1. The molecular formula is C17H23BrN4O3. The van der Waals surface area contributed by atoms with Crippen molar-refractivity contribution in [3.63, 3.8) is 0 Å². The number of hydrazine groups is 1. The predicted molar refractivity (Wildman–Crippen MR) is 98.5 cm³/mol. The molecule has 2 aliphatic rings. The van der Waals surface area contributed by atoms with Gasteiger partial charge in [-0.3, -0.25) is 15.0 Å². The second-order valence-corrected chi connectivity index (χ2v) is 7.86. The number of anilines is 1. The van der Waals surface area contributed by atoms with Crippen LogP contribution in [0.25, 0.3) is 0 Å². The maximum Gasteiger partial charge on any atom is 0.262 e. The van der Waals surface area contributed by atoms with E-state index in [9.17, 15) is 9.59 Å². The van der Waals surface area contributed by atoms with E-state index < -0.39 is 0 Å². The average Bonchev–Trinajstić information content (AvgIpc) is 2.95.